The van der Waals surface area contributed by atoms with Crippen LogP contribution in [0.4, 0.5) is 0 Å². The lowest BCUT2D eigenvalue weighted by atomic mass is 10.2. The summed E-state index contributed by atoms with van der Waals surface area (Å²) in [5, 5.41) is 0. The van der Waals surface area contributed by atoms with Crippen LogP contribution < -0.4 is 4.74 Å². The summed E-state index contributed by atoms with van der Waals surface area (Å²) in [5.74, 6) is 0.590. The van der Waals surface area contributed by atoms with Gasteiger partial charge in [-0.3, -0.25) is 4.79 Å². The molecule has 0 saturated heterocycles. The number of ether oxygens (including phenoxy) is 1. The molecular formula is C12H17NO2. The molecule has 3 nitrogen and oxygen atoms in total. The van der Waals surface area contributed by atoms with Crippen LogP contribution in [-0.2, 0) is 0 Å². The van der Waals surface area contributed by atoms with Crippen molar-refractivity contribution >= 4 is 6.29 Å². The molecule has 15 heavy (non-hydrogen) atoms. The topological polar surface area (TPSA) is 39.2 Å². The third-order valence-electron chi connectivity index (χ3n) is 2.14. The van der Waals surface area contributed by atoms with Crippen LogP contribution in [0.5, 0.6) is 5.75 Å². The van der Waals surface area contributed by atoms with Crippen molar-refractivity contribution in [2.24, 2.45) is 0 Å². The zero-order valence-corrected chi connectivity index (χ0v) is 9.32. The second-order valence-corrected chi connectivity index (χ2v) is 3.51. The Labute approximate surface area is 90.5 Å². The van der Waals surface area contributed by atoms with E-state index in [0.29, 0.717) is 18.1 Å². The van der Waals surface area contributed by atoms with Crippen LogP contribution in [0.25, 0.3) is 0 Å². The number of carbonyl (C=O) groups excluding carboxylic acids is 1. The molecule has 0 radical (unpaired) electrons. The minimum Gasteiger partial charge on any atom is -0.491 e. The molecule has 1 heterocycles. The van der Waals surface area contributed by atoms with E-state index in [4.69, 9.17) is 4.74 Å². The van der Waals surface area contributed by atoms with E-state index in [2.05, 4.69) is 11.9 Å². The summed E-state index contributed by atoms with van der Waals surface area (Å²) < 4.78 is 5.49. The smallest absolute Gasteiger partial charge is 0.172 e. The molecule has 0 aliphatic rings. The van der Waals surface area contributed by atoms with Crippen LogP contribution >= 0.6 is 0 Å². The fourth-order valence-electron chi connectivity index (χ4n) is 1.30. The Hall–Kier alpha value is -1.38. The molecule has 0 N–H and O–H groups in total. The maximum absolute atomic E-state index is 10.7. The van der Waals surface area contributed by atoms with Gasteiger partial charge in [0.2, 0.25) is 0 Å². The normalized spacial score (nSPS) is 10.0. The van der Waals surface area contributed by atoms with Gasteiger partial charge in [0.25, 0.3) is 0 Å². The molecule has 0 amide bonds. The molecule has 0 spiro atoms. The molecule has 0 unspecified atom stereocenters. The Morgan fingerprint density at radius 3 is 2.87 bits per heavy atom. The molecule has 0 atom stereocenters. The quantitative estimate of drug-likeness (QED) is 0.532. The van der Waals surface area contributed by atoms with Crippen molar-refractivity contribution in [2.75, 3.05) is 6.61 Å². The lowest BCUT2D eigenvalue weighted by Crippen LogP contribution is -2.02. The average Bonchev–Trinajstić information content (AvgIpc) is 2.26. The fraction of sp³-hybridized carbons (Fsp3) is 0.500. The van der Waals surface area contributed by atoms with E-state index in [0.717, 1.165) is 31.2 Å². The number of pyridine rings is 1. The van der Waals surface area contributed by atoms with Gasteiger partial charge in [-0.2, -0.15) is 0 Å². The van der Waals surface area contributed by atoms with E-state index in [9.17, 15) is 4.79 Å². The Kier molecular flexibility index (Phi) is 4.81. The van der Waals surface area contributed by atoms with Crippen molar-refractivity contribution in [3.8, 4) is 5.75 Å². The maximum Gasteiger partial charge on any atom is 0.172 e. The number of aromatic nitrogens is 1. The van der Waals surface area contributed by atoms with Crippen LogP contribution in [0.1, 0.15) is 42.4 Å². The Morgan fingerprint density at radius 1 is 1.40 bits per heavy atom. The number of nitrogens with zero attached hydrogens (tertiary/aromatic N) is 1. The first kappa shape index (κ1) is 11.7. The van der Waals surface area contributed by atoms with Crippen LogP contribution in [0.15, 0.2) is 12.1 Å². The highest BCUT2D eigenvalue weighted by molar-refractivity contribution is 5.76. The molecule has 0 aromatic carbocycles. The highest BCUT2D eigenvalue weighted by Gasteiger charge is 2.03. The summed E-state index contributed by atoms with van der Waals surface area (Å²) >= 11 is 0. The van der Waals surface area contributed by atoms with Gasteiger partial charge in [-0.1, -0.05) is 19.8 Å². The Balaban J connectivity index is 2.56. The van der Waals surface area contributed by atoms with Gasteiger partial charge >= 0.3 is 0 Å². The SMILES string of the molecule is CCCCCOc1ccc(C)nc1C=O. The van der Waals surface area contributed by atoms with E-state index >= 15 is 0 Å². The zero-order chi connectivity index (χ0) is 11.1. The molecular weight excluding hydrogens is 190 g/mol. The van der Waals surface area contributed by atoms with E-state index in [1.165, 1.54) is 0 Å². The van der Waals surface area contributed by atoms with E-state index < -0.39 is 0 Å². The molecule has 0 saturated carbocycles. The van der Waals surface area contributed by atoms with Gasteiger partial charge < -0.3 is 4.74 Å². The molecule has 0 aliphatic carbocycles. The summed E-state index contributed by atoms with van der Waals surface area (Å²) in [5.41, 5.74) is 1.23. The van der Waals surface area contributed by atoms with Crippen molar-refractivity contribution in [1.82, 2.24) is 4.98 Å². The van der Waals surface area contributed by atoms with E-state index in [1.54, 1.807) is 6.07 Å². The van der Waals surface area contributed by atoms with E-state index in [-0.39, 0.29) is 0 Å². The summed E-state index contributed by atoms with van der Waals surface area (Å²) in [6, 6.07) is 3.65. The predicted molar refractivity (Wildman–Crippen MR) is 59.4 cm³/mol. The Bertz CT molecular complexity index is 323. The Morgan fingerprint density at radius 2 is 2.20 bits per heavy atom. The predicted octanol–water partition coefficient (Wildman–Crippen LogP) is 2.77. The molecule has 1 aromatic rings. The van der Waals surface area contributed by atoms with Gasteiger partial charge in [-0.15, -0.1) is 0 Å². The standard InChI is InChI=1S/C12H17NO2/c1-3-4-5-8-15-12-7-6-10(2)13-11(12)9-14/h6-7,9H,3-5,8H2,1-2H3. The molecule has 0 aliphatic heterocycles. The highest BCUT2D eigenvalue weighted by Crippen LogP contribution is 2.15. The largest absolute Gasteiger partial charge is 0.491 e. The van der Waals surface area contributed by atoms with Crippen molar-refractivity contribution in [2.45, 2.75) is 33.1 Å². The lowest BCUT2D eigenvalue weighted by Gasteiger charge is -2.07. The monoisotopic (exact) mass is 207 g/mol. The number of rotatable bonds is 6. The number of aldehydes is 1. The van der Waals surface area contributed by atoms with Crippen LogP contribution in [0.2, 0.25) is 0 Å². The van der Waals surface area contributed by atoms with Gasteiger partial charge in [0.1, 0.15) is 11.4 Å². The molecule has 0 bridgehead atoms. The third-order valence-corrected chi connectivity index (χ3v) is 2.14. The molecule has 1 aromatic heterocycles. The second-order valence-electron chi connectivity index (χ2n) is 3.51. The summed E-state index contributed by atoms with van der Waals surface area (Å²) in [7, 11) is 0. The number of aryl methyl sites for hydroxylation is 1. The number of carbonyl (C=O) groups is 1. The van der Waals surface area contributed by atoms with Crippen molar-refractivity contribution < 1.29 is 9.53 Å². The summed E-state index contributed by atoms with van der Waals surface area (Å²) in [4.78, 5) is 14.8. The first-order chi connectivity index (χ1) is 7.27. The number of unbranched alkanes of at least 4 members (excludes halogenated alkanes) is 2. The molecule has 0 fully saturated rings. The maximum atomic E-state index is 10.7. The minimum atomic E-state index is 0.395. The number of hydrogen-bond acceptors (Lipinski definition) is 3. The van der Waals surface area contributed by atoms with Gasteiger partial charge in [0.15, 0.2) is 6.29 Å². The fourth-order valence-corrected chi connectivity index (χ4v) is 1.30. The summed E-state index contributed by atoms with van der Waals surface area (Å²) in [6.45, 7) is 4.65. The van der Waals surface area contributed by atoms with Gasteiger partial charge in [0.05, 0.1) is 6.61 Å². The molecule has 3 heteroatoms. The van der Waals surface area contributed by atoms with Crippen molar-refractivity contribution in [3.05, 3.63) is 23.5 Å². The number of hydrogen-bond donors (Lipinski definition) is 0. The second kappa shape index (κ2) is 6.17. The lowest BCUT2D eigenvalue weighted by molar-refractivity contribution is 0.111. The average molecular weight is 207 g/mol. The highest BCUT2D eigenvalue weighted by atomic mass is 16.5. The van der Waals surface area contributed by atoms with Crippen LogP contribution in [0, 0.1) is 6.92 Å². The van der Waals surface area contributed by atoms with Crippen molar-refractivity contribution in [1.29, 1.82) is 0 Å². The van der Waals surface area contributed by atoms with Crippen molar-refractivity contribution in [3.63, 3.8) is 0 Å². The van der Waals surface area contributed by atoms with Gasteiger partial charge in [0, 0.05) is 5.69 Å². The summed E-state index contributed by atoms with van der Waals surface area (Å²) in [6.07, 6.45) is 4.07. The minimum absolute atomic E-state index is 0.395. The third kappa shape index (κ3) is 3.70. The zero-order valence-electron chi connectivity index (χ0n) is 9.32. The van der Waals surface area contributed by atoms with Crippen LogP contribution in [-0.4, -0.2) is 17.9 Å². The molecule has 1 rings (SSSR count). The first-order valence-electron chi connectivity index (χ1n) is 5.33. The van der Waals surface area contributed by atoms with Gasteiger partial charge in [-0.05, 0) is 25.5 Å². The van der Waals surface area contributed by atoms with Crippen LogP contribution in [0.3, 0.4) is 0 Å². The molecule has 82 valence electrons. The van der Waals surface area contributed by atoms with E-state index in [1.807, 2.05) is 13.0 Å². The first-order valence-corrected chi connectivity index (χ1v) is 5.33. The van der Waals surface area contributed by atoms with Gasteiger partial charge in [-0.25, -0.2) is 4.98 Å².